The van der Waals surface area contributed by atoms with E-state index in [1.54, 1.807) is 20.2 Å². The number of rotatable bonds is 5. The number of methoxy groups -OCH3 is 1. The summed E-state index contributed by atoms with van der Waals surface area (Å²) >= 11 is 0. The molecular weight excluding hydrogens is 242 g/mol. The number of nitrogens with zero attached hydrogens (tertiary/aromatic N) is 1. The minimum atomic E-state index is -0.563. The second-order valence-corrected chi connectivity index (χ2v) is 4.17. The molecule has 1 aromatic carbocycles. The van der Waals surface area contributed by atoms with Crippen LogP contribution in [0.3, 0.4) is 0 Å². The quantitative estimate of drug-likeness (QED) is 0.897. The van der Waals surface area contributed by atoms with Crippen LogP contribution in [0.25, 0.3) is 0 Å². The Morgan fingerprint density at radius 2 is 2.00 bits per heavy atom. The van der Waals surface area contributed by atoms with Crippen molar-refractivity contribution in [2.45, 2.75) is 19.6 Å². The van der Waals surface area contributed by atoms with Crippen molar-refractivity contribution in [3.05, 3.63) is 53.7 Å². The van der Waals surface area contributed by atoms with Gasteiger partial charge in [0.25, 0.3) is 0 Å². The molecule has 0 unspecified atom stereocenters. The molecule has 0 fully saturated rings. The maximum atomic E-state index is 9.69. The van der Waals surface area contributed by atoms with Gasteiger partial charge in [0, 0.05) is 11.8 Å². The maximum absolute atomic E-state index is 9.69. The molecule has 0 aliphatic heterocycles. The van der Waals surface area contributed by atoms with Crippen molar-refractivity contribution >= 4 is 0 Å². The fraction of sp³-hybridized carbons (Fsp3) is 0.267. The fourth-order valence-corrected chi connectivity index (χ4v) is 1.83. The Labute approximate surface area is 112 Å². The Hall–Kier alpha value is -2.07. The zero-order valence-electron chi connectivity index (χ0n) is 11.0. The molecule has 2 rings (SSSR count). The highest BCUT2D eigenvalue weighted by molar-refractivity contribution is 5.35. The second-order valence-electron chi connectivity index (χ2n) is 4.17. The SMILES string of the molecule is COc1ncccc1COc1ccccc1[C@H](C)O. The Morgan fingerprint density at radius 1 is 1.21 bits per heavy atom. The summed E-state index contributed by atoms with van der Waals surface area (Å²) in [7, 11) is 1.58. The minimum absolute atomic E-state index is 0.348. The van der Waals surface area contributed by atoms with Crippen LogP contribution >= 0.6 is 0 Å². The van der Waals surface area contributed by atoms with Gasteiger partial charge < -0.3 is 14.6 Å². The molecule has 100 valence electrons. The molecule has 0 radical (unpaired) electrons. The highest BCUT2D eigenvalue weighted by Gasteiger charge is 2.10. The fourth-order valence-electron chi connectivity index (χ4n) is 1.83. The van der Waals surface area contributed by atoms with Gasteiger partial charge in [-0.1, -0.05) is 18.2 Å². The number of ether oxygens (including phenoxy) is 2. The smallest absolute Gasteiger partial charge is 0.219 e. The van der Waals surface area contributed by atoms with Crippen LogP contribution in [0.5, 0.6) is 11.6 Å². The molecule has 0 saturated carbocycles. The van der Waals surface area contributed by atoms with Gasteiger partial charge in [-0.2, -0.15) is 0 Å². The lowest BCUT2D eigenvalue weighted by Crippen LogP contribution is -2.03. The molecule has 0 aliphatic rings. The third kappa shape index (κ3) is 3.23. The van der Waals surface area contributed by atoms with Gasteiger partial charge in [-0.15, -0.1) is 0 Å². The van der Waals surface area contributed by atoms with Crippen LogP contribution in [0.4, 0.5) is 0 Å². The first-order valence-corrected chi connectivity index (χ1v) is 6.10. The van der Waals surface area contributed by atoms with E-state index in [1.807, 2.05) is 36.4 Å². The van der Waals surface area contributed by atoms with Crippen molar-refractivity contribution in [3.63, 3.8) is 0 Å². The predicted molar refractivity (Wildman–Crippen MR) is 72.2 cm³/mol. The molecule has 19 heavy (non-hydrogen) atoms. The topological polar surface area (TPSA) is 51.6 Å². The van der Waals surface area contributed by atoms with Gasteiger partial charge in [-0.25, -0.2) is 4.98 Å². The molecule has 0 saturated heterocycles. The molecular formula is C15H17NO3. The average molecular weight is 259 g/mol. The van der Waals surface area contributed by atoms with Crippen molar-refractivity contribution in [3.8, 4) is 11.6 Å². The molecule has 0 bridgehead atoms. The van der Waals surface area contributed by atoms with E-state index in [9.17, 15) is 5.11 Å². The Bertz CT molecular complexity index is 540. The van der Waals surface area contributed by atoms with Gasteiger partial charge in [-0.05, 0) is 25.1 Å². The summed E-state index contributed by atoms with van der Waals surface area (Å²) in [6, 6.07) is 11.2. The Kier molecular flexibility index (Phi) is 4.36. The van der Waals surface area contributed by atoms with E-state index < -0.39 is 6.10 Å². The Morgan fingerprint density at radius 3 is 2.74 bits per heavy atom. The van der Waals surface area contributed by atoms with Gasteiger partial charge in [0.2, 0.25) is 5.88 Å². The molecule has 1 atom stereocenters. The van der Waals surface area contributed by atoms with Crippen molar-refractivity contribution in [2.24, 2.45) is 0 Å². The van der Waals surface area contributed by atoms with E-state index in [0.717, 1.165) is 11.1 Å². The third-order valence-electron chi connectivity index (χ3n) is 2.80. The number of para-hydroxylation sites is 1. The molecule has 4 heteroatoms. The number of benzene rings is 1. The van der Waals surface area contributed by atoms with E-state index in [1.165, 1.54) is 0 Å². The van der Waals surface area contributed by atoms with Crippen LogP contribution < -0.4 is 9.47 Å². The first kappa shape index (κ1) is 13.4. The van der Waals surface area contributed by atoms with Gasteiger partial charge in [0.05, 0.1) is 18.8 Å². The summed E-state index contributed by atoms with van der Waals surface area (Å²) in [6.07, 6.45) is 1.11. The number of pyridine rings is 1. The molecule has 1 heterocycles. The molecule has 0 aliphatic carbocycles. The van der Waals surface area contributed by atoms with Crippen LogP contribution in [-0.2, 0) is 6.61 Å². The largest absolute Gasteiger partial charge is 0.488 e. The summed E-state index contributed by atoms with van der Waals surface area (Å²) in [5.74, 6) is 1.22. The predicted octanol–water partition coefficient (Wildman–Crippen LogP) is 2.72. The lowest BCUT2D eigenvalue weighted by Gasteiger charge is -2.14. The molecule has 4 nitrogen and oxygen atoms in total. The standard InChI is InChI=1S/C15H17NO3/c1-11(17)13-7-3-4-8-14(13)19-10-12-6-5-9-16-15(12)18-2/h3-9,11,17H,10H2,1-2H3/t11-/m0/s1. The number of aliphatic hydroxyl groups excluding tert-OH is 1. The normalized spacial score (nSPS) is 11.9. The Balaban J connectivity index is 2.15. The summed E-state index contributed by atoms with van der Waals surface area (Å²) in [4.78, 5) is 4.12. The monoisotopic (exact) mass is 259 g/mol. The number of aliphatic hydroxyl groups is 1. The minimum Gasteiger partial charge on any atom is -0.488 e. The first-order chi connectivity index (χ1) is 9.22. The van der Waals surface area contributed by atoms with Crippen molar-refractivity contribution in [1.82, 2.24) is 4.98 Å². The van der Waals surface area contributed by atoms with E-state index >= 15 is 0 Å². The van der Waals surface area contributed by atoms with Gasteiger partial charge in [0.15, 0.2) is 0 Å². The summed E-state index contributed by atoms with van der Waals surface area (Å²) < 4.78 is 10.9. The van der Waals surface area contributed by atoms with E-state index in [2.05, 4.69) is 4.98 Å². The zero-order valence-corrected chi connectivity index (χ0v) is 11.0. The molecule has 0 spiro atoms. The highest BCUT2D eigenvalue weighted by Crippen LogP contribution is 2.26. The summed E-state index contributed by atoms with van der Waals surface area (Å²) in [5.41, 5.74) is 1.63. The third-order valence-corrected chi connectivity index (χ3v) is 2.80. The van der Waals surface area contributed by atoms with Gasteiger partial charge in [-0.3, -0.25) is 0 Å². The van der Waals surface area contributed by atoms with Gasteiger partial charge in [0.1, 0.15) is 12.4 Å². The highest BCUT2D eigenvalue weighted by atomic mass is 16.5. The van der Waals surface area contributed by atoms with Crippen molar-refractivity contribution in [2.75, 3.05) is 7.11 Å². The van der Waals surface area contributed by atoms with Crippen LogP contribution in [-0.4, -0.2) is 17.2 Å². The van der Waals surface area contributed by atoms with Crippen molar-refractivity contribution < 1.29 is 14.6 Å². The molecule has 1 aromatic heterocycles. The summed E-state index contributed by atoms with van der Waals surface area (Å²) in [6.45, 7) is 2.06. The molecule has 1 N–H and O–H groups in total. The first-order valence-electron chi connectivity index (χ1n) is 6.10. The average Bonchev–Trinajstić information content (AvgIpc) is 2.45. The zero-order chi connectivity index (χ0) is 13.7. The number of hydrogen-bond donors (Lipinski definition) is 1. The lowest BCUT2D eigenvalue weighted by atomic mass is 10.1. The van der Waals surface area contributed by atoms with E-state index in [4.69, 9.17) is 9.47 Å². The van der Waals surface area contributed by atoms with Crippen LogP contribution in [0.1, 0.15) is 24.2 Å². The van der Waals surface area contributed by atoms with Crippen LogP contribution in [0.2, 0.25) is 0 Å². The van der Waals surface area contributed by atoms with Crippen LogP contribution in [0.15, 0.2) is 42.6 Å². The maximum Gasteiger partial charge on any atom is 0.219 e. The number of aromatic nitrogens is 1. The van der Waals surface area contributed by atoms with Crippen molar-refractivity contribution in [1.29, 1.82) is 0 Å². The second kappa shape index (κ2) is 6.20. The van der Waals surface area contributed by atoms with Crippen LogP contribution in [0, 0.1) is 0 Å². The van der Waals surface area contributed by atoms with E-state index in [-0.39, 0.29) is 0 Å². The van der Waals surface area contributed by atoms with E-state index in [0.29, 0.717) is 18.2 Å². The number of hydrogen-bond acceptors (Lipinski definition) is 4. The van der Waals surface area contributed by atoms with Gasteiger partial charge >= 0.3 is 0 Å². The summed E-state index contributed by atoms with van der Waals surface area (Å²) in [5, 5.41) is 9.69. The molecule has 2 aromatic rings. The molecule has 0 amide bonds. The lowest BCUT2D eigenvalue weighted by molar-refractivity contribution is 0.190.